The summed E-state index contributed by atoms with van der Waals surface area (Å²) < 4.78 is 26.7. The number of carbonyl (C=O) groups is 1. The lowest BCUT2D eigenvalue weighted by Crippen LogP contribution is -2.21. The predicted octanol–water partition coefficient (Wildman–Crippen LogP) is 6.18. The Balaban J connectivity index is 1.40. The first-order valence-electron chi connectivity index (χ1n) is 11.8. The summed E-state index contributed by atoms with van der Waals surface area (Å²) in [7, 11) is 1.55. The van der Waals surface area contributed by atoms with Crippen LogP contribution in [0.25, 0.3) is 11.1 Å². The molecule has 2 heterocycles. The highest BCUT2D eigenvalue weighted by atomic mass is 19.1. The van der Waals surface area contributed by atoms with Gasteiger partial charge in [0, 0.05) is 17.8 Å². The summed E-state index contributed by atoms with van der Waals surface area (Å²) in [4.78, 5) is 15.8. The smallest absolute Gasteiger partial charge is 0.306 e. The summed E-state index contributed by atoms with van der Waals surface area (Å²) in [5.41, 5.74) is 4.18. The van der Waals surface area contributed by atoms with Crippen molar-refractivity contribution in [3.63, 3.8) is 0 Å². The molecular weight excluding hydrogens is 433 g/mol. The number of carboxylic acid groups (broad SMARTS) is 1. The Kier molecular flexibility index (Phi) is 5.98. The average molecular weight is 462 g/mol. The van der Waals surface area contributed by atoms with E-state index in [4.69, 9.17) is 9.47 Å². The van der Waals surface area contributed by atoms with Crippen molar-refractivity contribution in [2.45, 2.75) is 44.6 Å². The molecule has 176 valence electrons. The number of rotatable bonds is 7. The van der Waals surface area contributed by atoms with Crippen molar-refractivity contribution in [3.8, 4) is 22.8 Å². The van der Waals surface area contributed by atoms with Gasteiger partial charge in [0.2, 0.25) is 5.88 Å². The Morgan fingerprint density at radius 3 is 2.62 bits per heavy atom. The second-order valence-electron chi connectivity index (χ2n) is 9.33. The molecule has 1 saturated carbocycles. The summed E-state index contributed by atoms with van der Waals surface area (Å²) in [6, 6.07) is 14.9. The standard InChI is InChI=1S/C28H28FNO4/c1-16(28(31)32)27(18-4-5-18)21-6-3-17-8-10-24(34-25(17)14-21)22-9-7-19(13-23(22)29)20-11-12-30-26(15-20)33-2/h3,6-7,9,11-16,18,24,27H,4-5,8,10H2,1-2H3,(H,31,32)/t16-,24-,27-/m1/s1. The highest BCUT2D eigenvalue weighted by molar-refractivity contribution is 5.71. The molecule has 5 nitrogen and oxygen atoms in total. The van der Waals surface area contributed by atoms with Crippen LogP contribution in [0.4, 0.5) is 4.39 Å². The maximum absolute atomic E-state index is 15.2. The zero-order valence-corrected chi connectivity index (χ0v) is 19.3. The third kappa shape index (κ3) is 4.37. The van der Waals surface area contributed by atoms with E-state index in [0.29, 0.717) is 23.8 Å². The van der Waals surface area contributed by atoms with E-state index < -0.39 is 11.9 Å². The third-order valence-corrected chi connectivity index (χ3v) is 7.10. The molecule has 3 aromatic rings. The summed E-state index contributed by atoms with van der Waals surface area (Å²) in [6.07, 6.45) is 4.83. The van der Waals surface area contributed by atoms with Gasteiger partial charge in [0.25, 0.3) is 0 Å². The first-order chi connectivity index (χ1) is 16.4. The number of hydrogen-bond acceptors (Lipinski definition) is 4. The number of halogens is 1. The Morgan fingerprint density at radius 2 is 1.91 bits per heavy atom. The van der Waals surface area contributed by atoms with Crippen LogP contribution in [0.2, 0.25) is 0 Å². The van der Waals surface area contributed by atoms with Gasteiger partial charge in [0.05, 0.1) is 13.0 Å². The van der Waals surface area contributed by atoms with Crippen LogP contribution in [0.5, 0.6) is 11.6 Å². The molecule has 0 amide bonds. The van der Waals surface area contributed by atoms with Crippen LogP contribution in [0.15, 0.2) is 54.7 Å². The molecule has 1 fully saturated rings. The highest BCUT2D eigenvalue weighted by Gasteiger charge is 2.39. The molecule has 2 aromatic carbocycles. The van der Waals surface area contributed by atoms with Crippen molar-refractivity contribution in [2.75, 3.05) is 7.11 Å². The number of ether oxygens (including phenoxy) is 2. The van der Waals surface area contributed by atoms with E-state index >= 15 is 4.39 Å². The van der Waals surface area contributed by atoms with Crippen LogP contribution in [-0.2, 0) is 11.2 Å². The van der Waals surface area contributed by atoms with Crippen LogP contribution in [0.1, 0.15) is 54.9 Å². The minimum Gasteiger partial charge on any atom is -0.485 e. The number of carboxylic acids is 1. The van der Waals surface area contributed by atoms with Crippen molar-refractivity contribution in [2.24, 2.45) is 11.8 Å². The molecule has 5 rings (SSSR count). The van der Waals surface area contributed by atoms with Gasteiger partial charge in [-0.05, 0) is 78.0 Å². The molecule has 3 atom stereocenters. The molecule has 0 saturated heterocycles. The fourth-order valence-electron chi connectivity index (χ4n) is 5.06. The van der Waals surface area contributed by atoms with Crippen LogP contribution in [-0.4, -0.2) is 23.2 Å². The molecule has 1 N–H and O–H groups in total. The number of aromatic nitrogens is 1. The van der Waals surface area contributed by atoms with E-state index in [1.807, 2.05) is 30.3 Å². The molecule has 34 heavy (non-hydrogen) atoms. The van der Waals surface area contributed by atoms with Gasteiger partial charge in [-0.15, -0.1) is 0 Å². The summed E-state index contributed by atoms with van der Waals surface area (Å²) in [5.74, 6) is 0.0453. The Hall–Kier alpha value is -3.41. The molecule has 1 aromatic heterocycles. The van der Waals surface area contributed by atoms with Crippen LogP contribution >= 0.6 is 0 Å². The predicted molar refractivity (Wildman–Crippen MR) is 127 cm³/mol. The molecule has 2 aliphatic rings. The summed E-state index contributed by atoms with van der Waals surface area (Å²) >= 11 is 0. The molecule has 0 spiro atoms. The van der Waals surface area contributed by atoms with Gasteiger partial charge in [-0.2, -0.15) is 0 Å². The maximum atomic E-state index is 15.2. The highest BCUT2D eigenvalue weighted by Crippen LogP contribution is 2.48. The fraction of sp³-hybridized carbons (Fsp3) is 0.357. The Morgan fingerprint density at radius 1 is 1.12 bits per heavy atom. The summed E-state index contributed by atoms with van der Waals surface area (Å²) in [6.45, 7) is 1.78. The van der Waals surface area contributed by atoms with E-state index in [2.05, 4.69) is 4.98 Å². The van der Waals surface area contributed by atoms with E-state index in [-0.39, 0.29) is 17.8 Å². The lowest BCUT2D eigenvalue weighted by Gasteiger charge is -2.29. The minimum absolute atomic E-state index is 0.0276. The van der Waals surface area contributed by atoms with Gasteiger partial charge in [0.1, 0.15) is 17.7 Å². The molecule has 0 unspecified atom stereocenters. The van der Waals surface area contributed by atoms with Gasteiger partial charge in [-0.3, -0.25) is 4.79 Å². The van der Waals surface area contributed by atoms with Crippen LogP contribution < -0.4 is 9.47 Å². The number of nitrogens with zero attached hydrogens (tertiary/aromatic N) is 1. The Bertz CT molecular complexity index is 1220. The third-order valence-electron chi connectivity index (χ3n) is 7.10. The van der Waals surface area contributed by atoms with Crippen molar-refractivity contribution >= 4 is 5.97 Å². The van der Waals surface area contributed by atoms with Gasteiger partial charge < -0.3 is 14.6 Å². The second kappa shape index (κ2) is 9.09. The number of aliphatic carboxylic acids is 1. The van der Waals surface area contributed by atoms with Crippen molar-refractivity contribution in [1.82, 2.24) is 4.98 Å². The SMILES string of the molecule is COc1cc(-c2ccc([C@H]3CCc4ccc([C@@H](C5CC5)[C@@H](C)C(=O)O)cc4O3)c(F)c2)ccn1. The number of pyridine rings is 1. The quantitative estimate of drug-likeness (QED) is 0.455. The lowest BCUT2D eigenvalue weighted by atomic mass is 9.82. The maximum Gasteiger partial charge on any atom is 0.306 e. The van der Waals surface area contributed by atoms with Gasteiger partial charge in [-0.25, -0.2) is 9.37 Å². The number of methoxy groups -OCH3 is 1. The van der Waals surface area contributed by atoms with Crippen LogP contribution in [0, 0.1) is 17.7 Å². The van der Waals surface area contributed by atoms with E-state index in [1.54, 1.807) is 32.4 Å². The number of aryl methyl sites for hydroxylation is 1. The monoisotopic (exact) mass is 461 g/mol. The van der Waals surface area contributed by atoms with Gasteiger partial charge >= 0.3 is 5.97 Å². The van der Waals surface area contributed by atoms with Gasteiger partial charge in [-0.1, -0.05) is 31.2 Å². The normalized spacial score (nSPS) is 19.0. The first kappa shape index (κ1) is 22.4. The van der Waals surface area contributed by atoms with Crippen molar-refractivity contribution < 1.29 is 23.8 Å². The molecule has 1 aliphatic heterocycles. The zero-order valence-electron chi connectivity index (χ0n) is 19.3. The number of hydrogen-bond donors (Lipinski definition) is 1. The summed E-state index contributed by atoms with van der Waals surface area (Å²) in [5, 5.41) is 9.60. The minimum atomic E-state index is -0.776. The van der Waals surface area contributed by atoms with Crippen LogP contribution in [0.3, 0.4) is 0 Å². The number of benzene rings is 2. The van der Waals surface area contributed by atoms with E-state index in [1.165, 1.54) is 6.07 Å². The average Bonchev–Trinajstić information content (AvgIpc) is 3.68. The van der Waals surface area contributed by atoms with Crippen molar-refractivity contribution in [1.29, 1.82) is 0 Å². The first-order valence-corrected chi connectivity index (χ1v) is 11.8. The molecule has 6 heteroatoms. The zero-order chi connectivity index (χ0) is 23.8. The van der Waals surface area contributed by atoms with Crippen molar-refractivity contribution in [3.05, 3.63) is 77.2 Å². The lowest BCUT2D eigenvalue weighted by molar-refractivity contribution is -0.142. The van der Waals surface area contributed by atoms with E-state index in [0.717, 1.165) is 47.3 Å². The second-order valence-corrected chi connectivity index (χ2v) is 9.33. The molecule has 1 aliphatic carbocycles. The number of fused-ring (bicyclic) bond motifs is 1. The largest absolute Gasteiger partial charge is 0.485 e. The van der Waals surface area contributed by atoms with E-state index in [9.17, 15) is 9.90 Å². The molecular formula is C28H28FNO4. The Labute approximate surface area is 198 Å². The topological polar surface area (TPSA) is 68.7 Å². The molecule has 0 radical (unpaired) electrons. The molecule has 0 bridgehead atoms. The fourth-order valence-corrected chi connectivity index (χ4v) is 5.06. The van der Waals surface area contributed by atoms with Gasteiger partial charge in [0.15, 0.2) is 0 Å².